The van der Waals surface area contributed by atoms with Crippen molar-refractivity contribution in [3.8, 4) is 0 Å². The molecule has 0 unspecified atom stereocenters. The van der Waals surface area contributed by atoms with Crippen LogP contribution in [-0.2, 0) is 0 Å². The Bertz CT molecular complexity index is 497. The van der Waals surface area contributed by atoms with Gasteiger partial charge in [0.2, 0.25) is 0 Å². The number of benzene rings is 1. The molecule has 0 radical (unpaired) electrons. The van der Waals surface area contributed by atoms with Gasteiger partial charge in [-0.25, -0.2) is 0 Å². The smallest absolute Gasteiger partial charge is 0.253 e. The van der Waals surface area contributed by atoms with Gasteiger partial charge in [-0.2, -0.15) is 0 Å². The lowest BCUT2D eigenvalue weighted by Crippen LogP contribution is -2.39. The normalized spacial score (nSPS) is 13.4. The molecule has 0 aliphatic heterocycles. The van der Waals surface area contributed by atoms with Gasteiger partial charge >= 0.3 is 0 Å². The summed E-state index contributed by atoms with van der Waals surface area (Å²) < 4.78 is 0. The molecule has 0 fully saturated rings. The molecule has 2 N–H and O–H groups in total. The zero-order valence-electron chi connectivity index (χ0n) is 17.5. The van der Waals surface area contributed by atoms with Crippen LogP contribution in [-0.4, -0.2) is 23.9 Å². The second-order valence-electron chi connectivity index (χ2n) is 7.67. The molecule has 0 aromatic heterocycles. The van der Waals surface area contributed by atoms with Crippen molar-refractivity contribution in [3.63, 3.8) is 0 Å². The van der Waals surface area contributed by atoms with Crippen LogP contribution < -0.4 is 5.73 Å². The topological polar surface area (TPSA) is 46.3 Å². The van der Waals surface area contributed by atoms with E-state index in [0.29, 0.717) is 17.5 Å². The summed E-state index contributed by atoms with van der Waals surface area (Å²) in [5.74, 6) is 1.31. The predicted octanol–water partition coefficient (Wildman–Crippen LogP) is 6.14. The Morgan fingerprint density at radius 3 is 1.92 bits per heavy atom. The molecule has 0 bridgehead atoms. The van der Waals surface area contributed by atoms with Crippen LogP contribution in [0.5, 0.6) is 0 Å². The summed E-state index contributed by atoms with van der Waals surface area (Å²) in [7, 11) is 0. The fourth-order valence-corrected chi connectivity index (χ4v) is 3.55. The van der Waals surface area contributed by atoms with Crippen LogP contribution >= 0.6 is 0 Å². The van der Waals surface area contributed by atoms with Gasteiger partial charge in [0.05, 0.1) is 0 Å². The van der Waals surface area contributed by atoms with Crippen molar-refractivity contribution in [2.45, 2.75) is 79.1 Å². The molecule has 2 atom stereocenters. The second kappa shape index (κ2) is 12.8. The highest BCUT2D eigenvalue weighted by Crippen LogP contribution is 2.21. The van der Waals surface area contributed by atoms with E-state index in [4.69, 9.17) is 5.73 Å². The number of anilines is 1. The maximum absolute atomic E-state index is 13.2. The van der Waals surface area contributed by atoms with E-state index in [0.717, 1.165) is 31.5 Å². The average molecular weight is 361 g/mol. The second-order valence-corrected chi connectivity index (χ2v) is 7.67. The quantitative estimate of drug-likeness (QED) is 0.429. The van der Waals surface area contributed by atoms with Gasteiger partial charge in [-0.3, -0.25) is 4.79 Å². The lowest BCUT2D eigenvalue weighted by atomic mass is 9.95. The van der Waals surface area contributed by atoms with Gasteiger partial charge in [0.15, 0.2) is 0 Å². The van der Waals surface area contributed by atoms with Gasteiger partial charge in [0, 0.05) is 24.3 Å². The molecular weight excluding hydrogens is 320 g/mol. The summed E-state index contributed by atoms with van der Waals surface area (Å²) >= 11 is 0. The molecule has 3 heteroatoms. The summed E-state index contributed by atoms with van der Waals surface area (Å²) in [6, 6.07) is 7.43. The Morgan fingerprint density at radius 1 is 0.962 bits per heavy atom. The van der Waals surface area contributed by atoms with Gasteiger partial charge in [0.1, 0.15) is 0 Å². The molecular formula is C23H40N2O. The number of nitrogen functional groups attached to an aromatic ring is 1. The minimum Gasteiger partial charge on any atom is -0.399 e. The molecule has 0 saturated carbocycles. The van der Waals surface area contributed by atoms with Gasteiger partial charge in [-0.1, -0.05) is 72.3 Å². The first kappa shape index (κ1) is 22.5. The molecule has 1 rings (SSSR count). The number of rotatable bonds is 13. The van der Waals surface area contributed by atoms with Gasteiger partial charge in [0.25, 0.3) is 5.91 Å². The Kier molecular flexibility index (Phi) is 11.1. The summed E-state index contributed by atoms with van der Waals surface area (Å²) in [5.41, 5.74) is 7.29. The van der Waals surface area contributed by atoms with E-state index in [-0.39, 0.29) is 5.91 Å². The highest BCUT2D eigenvalue weighted by Gasteiger charge is 2.22. The van der Waals surface area contributed by atoms with Crippen LogP contribution in [0.4, 0.5) is 5.69 Å². The van der Waals surface area contributed by atoms with Crippen LogP contribution in [0.1, 0.15) is 89.4 Å². The average Bonchev–Trinajstić information content (AvgIpc) is 2.66. The molecule has 1 aromatic carbocycles. The lowest BCUT2D eigenvalue weighted by Gasteiger charge is -2.31. The molecule has 0 saturated heterocycles. The van der Waals surface area contributed by atoms with E-state index in [2.05, 4.69) is 32.6 Å². The van der Waals surface area contributed by atoms with Crippen molar-refractivity contribution in [2.24, 2.45) is 11.8 Å². The summed E-state index contributed by atoms with van der Waals surface area (Å²) in [6.45, 7) is 10.7. The number of nitrogens with zero attached hydrogens (tertiary/aromatic N) is 1. The molecule has 1 aromatic rings. The third-order valence-electron chi connectivity index (χ3n) is 5.46. The van der Waals surface area contributed by atoms with Crippen LogP contribution in [0, 0.1) is 11.8 Å². The van der Waals surface area contributed by atoms with Crippen LogP contribution in [0.3, 0.4) is 0 Å². The summed E-state index contributed by atoms with van der Waals surface area (Å²) in [5, 5.41) is 0. The van der Waals surface area contributed by atoms with E-state index < -0.39 is 0 Å². The fraction of sp³-hybridized carbons (Fsp3) is 0.696. The standard InChI is InChI=1S/C23H40N2O/c1-5-9-12-19(7-3)17-25(18-20(8-4)13-10-6-2)23(26)21-14-11-15-22(24)16-21/h11,14-16,19-20H,5-10,12-13,17-18,24H2,1-4H3/t19-,20-/m0/s1. The maximum atomic E-state index is 13.2. The summed E-state index contributed by atoms with van der Waals surface area (Å²) in [4.78, 5) is 15.3. The lowest BCUT2D eigenvalue weighted by molar-refractivity contribution is 0.0685. The van der Waals surface area contributed by atoms with Crippen LogP contribution in [0.15, 0.2) is 24.3 Å². The fourth-order valence-electron chi connectivity index (χ4n) is 3.55. The van der Waals surface area contributed by atoms with E-state index in [1.165, 1.54) is 38.5 Å². The highest BCUT2D eigenvalue weighted by atomic mass is 16.2. The van der Waals surface area contributed by atoms with E-state index in [1.54, 1.807) is 0 Å². The molecule has 3 nitrogen and oxygen atoms in total. The largest absolute Gasteiger partial charge is 0.399 e. The predicted molar refractivity (Wildman–Crippen MR) is 113 cm³/mol. The SMILES string of the molecule is CCCC[C@H](CC)CN(C[C@@H](CC)CCCC)C(=O)c1cccc(N)c1. The van der Waals surface area contributed by atoms with E-state index in [9.17, 15) is 4.79 Å². The van der Waals surface area contributed by atoms with Crippen LogP contribution in [0.2, 0.25) is 0 Å². The van der Waals surface area contributed by atoms with Crippen molar-refractivity contribution in [3.05, 3.63) is 29.8 Å². The monoisotopic (exact) mass is 360 g/mol. The Labute approximate surface area is 161 Å². The van der Waals surface area contributed by atoms with Crippen molar-refractivity contribution in [1.82, 2.24) is 4.90 Å². The Balaban J connectivity index is 2.93. The van der Waals surface area contributed by atoms with Gasteiger partial charge < -0.3 is 10.6 Å². The number of carbonyl (C=O) groups is 1. The van der Waals surface area contributed by atoms with Crippen molar-refractivity contribution >= 4 is 11.6 Å². The molecule has 148 valence electrons. The zero-order valence-corrected chi connectivity index (χ0v) is 17.5. The zero-order chi connectivity index (χ0) is 19.4. The number of nitrogens with two attached hydrogens (primary N) is 1. The van der Waals surface area contributed by atoms with E-state index >= 15 is 0 Å². The van der Waals surface area contributed by atoms with Gasteiger partial charge in [-0.05, 0) is 42.9 Å². The summed E-state index contributed by atoms with van der Waals surface area (Å²) in [6.07, 6.45) is 9.59. The Hall–Kier alpha value is -1.51. The first-order valence-electron chi connectivity index (χ1n) is 10.7. The Morgan fingerprint density at radius 2 is 1.50 bits per heavy atom. The molecule has 0 aliphatic carbocycles. The highest BCUT2D eigenvalue weighted by molar-refractivity contribution is 5.95. The van der Waals surface area contributed by atoms with Gasteiger partial charge in [-0.15, -0.1) is 0 Å². The molecule has 0 aliphatic rings. The number of carbonyl (C=O) groups excluding carboxylic acids is 1. The first-order chi connectivity index (χ1) is 12.5. The molecule has 26 heavy (non-hydrogen) atoms. The van der Waals surface area contributed by atoms with Crippen LogP contribution in [0.25, 0.3) is 0 Å². The van der Waals surface area contributed by atoms with E-state index in [1.807, 2.05) is 24.3 Å². The number of hydrogen-bond donors (Lipinski definition) is 1. The number of hydrogen-bond acceptors (Lipinski definition) is 2. The molecule has 0 spiro atoms. The first-order valence-corrected chi connectivity index (χ1v) is 10.7. The van der Waals surface area contributed by atoms with Crippen molar-refractivity contribution in [1.29, 1.82) is 0 Å². The number of unbranched alkanes of at least 4 members (excludes halogenated alkanes) is 2. The van der Waals surface area contributed by atoms with Crippen molar-refractivity contribution < 1.29 is 4.79 Å². The molecule has 0 heterocycles. The number of amides is 1. The maximum Gasteiger partial charge on any atom is 0.253 e. The third-order valence-corrected chi connectivity index (χ3v) is 5.46. The minimum absolute atomic E-state index is 0.141. The third kappa shape index (κ3) is 7.80. The minimum atomic E-state index is 0.141. The molecule has 1 amide bonds. The van der Waals surface area contributed by atoms with Crippen molar-refractivity contribution in [2.75, 3.05) is 18.8 Å².